The lowest BCUT2D eigenvalue weighted by Crippen LogP contribution is -2.48. The molecular weight excluding hydrogens is 262 g/mol. The molecule has 0 saturated carbocycles. The second-order valence-electron chi connectivity index (χ2n) is 5.17. The van der Waals surface area contributed by atoms with Crippen LogP contribution >= 0.6 is 0 Å². The van der Waals surface area contributed by atoms with Crippen LogP contribution in [0.15, 0.2) is 18.2 Å². The molecule has 20 heavy (non-hydrogen) atoms. The lowest BCUT2D eigenvalue weighted by molar-refractivity contribution is 0.0690. The first-order valence-electron chi connectivity index (χ1n) is 7.09. The van der Waals surface area contributed by atoms with Crippen LogP contribution in [0.1, 0.15) is 36.5 Å². The fourth-order valence-corrected chi connectivity index (χ4v) is 2.51. The molecule has 1 amide bonds. The molecule has 5 heteroatoms. The number of rotatable bonds is 4. The van der Waals surface area contributed by atoms with Crippen LogP contribution in [0.25, 0.3) is 0 Å². The zero-order valence-corrected chi connectivity index (χ0v) is 11.7. The summed E-state index contributed by atoms with van der Waals surface area (Å²) in [5.41, 5.74) is -0.0532. The molecule has 1 aromatic rings. The van der Waals surface area contributed by atoms with Crippen molar-refractivity contribution in [3.8, 4) is 0 Å². The molecule has 0 spiro atoms. The van der Waals surface area contributed by atoms with E-state index < -0.39 is 11.6 Å². The molecule has 0 radical (unpaired) electrons. The van der Waals surface area contributed by atoms with E-state index in [1.165, 1.54) is 6.07 Å². The summed E-state index contributed by atoms with van der Waals surface area (Å²) in [6.07, 6.45) is 2.96. The molecule has 1 saturated heterocycles. The molecule has 1 aliphatic heterocycles. The number of likely N-dealkylation sites (tertiary alicyclic amines) is 1. The van der Waals surface area contributed by atoms with Crippen LogP contribution in [0.3, 0.4) is 0 Å². The first-order chi connectivity index (χ1) is 9.61. The third-order valence-corrected chi connectivity index (χ3v) is 3.55. The van der Waals surface area contributed by atoms with Crippen molar-refractivity contribution in [2.45, 2.75) is 32.2 Å². The minimum Gasteiger partial charge on any atom is -0.337 e. The van der Waals surface area contributed by atoms with E-state index in [4.69, 9.17) is 0 Å². The van der Waals surface area contributed by atoms with E-state index in [1.54, 1.807) is 4.90 Å². The quantitative estimate of drug-likeness (QED) is 0.920. The number of benzene rings is 1. The first kappa shape index (κ1) is 14.9. The number of nitrogens with one attached hydrogen (secondary N) is 1. The Kier molecular flexibility index (Phi) is 5.06. The summed E-state index contributed by atoms with van der Waals surface area (Å²) in [5.74, 6) is -1.82. The van der Waals surface area contributed by atoms with Crippen LogP contribution in [0.5, 0.6) is 0 Å². The van der Waals surface area contributed by atoms with Gasteiger partial charge in [-0.25, -0.2) is 8.78 Å². The van der Waals surface area contributed by atoms with E-state index in [-0.39, 0.29) is 17.5 Å². The van der Waals surface area contributed by atoms with Gasteiger partial charge in [0.05, 0.1) is 5.56 Å². The van der Waals surface area contributed by atoms with Gasteiger partial charge in [0.25, 0.3) is 5.91 Å². The molecule has 1 fully saturated rings. The van der Waals surface area contributed by atoms with Crippen molar-refractivity contribution in [3.05, 3.63) is 35.4 Å². The highest BCUT2D eigenvalue weighted by Crippen LogP contribution is 2.17. The zero-order valence-electron chi connectivity index (χ0n) is 11.7. The maximum Gasteiger partial charge on any atom is 0.256 e. The van der Waals surface area contributed by atoms with Gasteiger partial charge in [0.15, 0.2) is 0 Å². The number of amides is 1. The number of carbonyl (C=O) groups is 1. The SMILES string of the molecule is CCCNC1CCCN(C(=O)c2ccc(F)cc2F)C1. The average Bonchev–Trinajstić information content (AvgIpc) is 2.45. The predicted molar refractivity (Wildman–Crippen MR) is 73.6 cm³/mol. The van der Waals surface area contributed by atoms with Crippen LogP contribution < -0.4 is 5.32 Å². The van der Waals surface area contributed by atoms with Crippen LogP contribution in [0.4, 0.5) is 8.78 Å². The Morgan fingerprint density at radius 1 is 1.45 bits per heavy atom. The van der Waals surface area contributed by atoms with E-state index in [2.05, 4.69) is 12.2 Å². The lowest BCUT2D eigenvalue weighted by Gasteiger charge is -2.33. The molecule has 0 bridgehead atoms. The van der Waals surface area contributed by atoms with Crippen molar-refractivity contribution in [1.29, 1.82) is 0 Å². The van der Waals surface area contributed by atoms with Crippen molar-refractivity contribution in [2.24, 2.45) is 0 Å². The summed E-state index contributed by atoms with van der Waals surface area (Å²) in [6.45, 7) is 4.21. The summed E-state index contributed by atoms with van der Waals surface area (Å²) in [6, 6.07) is 3.35. The van der Waals surface area contributed by atoms with Gasteiger partial charge in [-0.2, -0.15) is 0 Å². The molecule has 3 nitrogen and oxygen atoms in total. The van der Waals surface area contributed by atoms with E-state index >= 15 is 0 Å². The lowest BCUT2D eigenvalue weighted by atomic mass is 10.0. The van der Waals surface area contributed by atoms with Gasteiger partial charge in [-0.1, -0.05) is 6.92 Å². The Labute approximate surface area is 118 Å². The predicted octanol–water partition coefficient (Wildman–Crippen LogP) is 2.57. The maximum absolute atomic E-state index is 13.7. The number of piperidine rings is 1. The second kappa shape index (κ2) is 6.79. The van der Waals surface area contributed by atoms with Gasteiger partial charge < -0.3 is 10.2 Å². The normalized spacial score (nSPS) is 19.1. The summed E-state index contributed by atoms with van der Waals surface area (Å²) in [4.78, 5) is 13.9. The standard InChI is InChI=1S/C15H20F2N2O/c1-2-7-18-12-4-3-8-19(10-12)15(20)13-6-5-11(16)9-14(13)17/h5-6,9,12,18H,2-4,7-8,10H2,1H3. The summed E-state index contributed by atoms with van der Waals surface area (Å²) < 4.78 is 26.5. The molecular formula is C15H20F2N2O. The topological polar surface area (TPSA) is 32.3 Å². The minimum atomic E-state index is -0.793. The molecule has 2 rings (SSSR count). The van der Waals surface area contributed by atoms with Crippen molar-refractivity contribution < 1.29 is 13.6 Å². The van der Waals surface area contributed by atoms with Gasteiger partial charge in [0.1, 0.15) is 11.6 Å². The third kappa shape index (κ3) is 3.54. The minimum absolute atomic E-state index is 0.0532. The van der Waals surface area contributed by atoms with Gasteiger partial charge in [-0.05, 0) is 37.9 Å². The fourth-order valence-electron chi connectivity index (χ4n) is 2.51. The van der Waals surface area contributed by atoms with Crippen molar-refractivity contribution >= 4 is 5.91 Å². The summed E-state index contributed by atoms with van der Waals surface area (Å²) in [7, 11) is 0. The average molecular weight is 282 g/mol. The van der Waals surface area contributed by atoms with Gasteiger partial charge in [-0.15, -0.1) is 0 Å². The van der Waals surface area contributed by atoms with Crippen molar-refractivity contribution in [2.75, 3.05) is 19.6 Å². The molecule has 1 atom stereocenters. The van der Waals surface area contributed by atoms with Crippen LogP contribution in [-0.4, -0.2) is 36.5 Å². The molecule has 0 aromatic heterocycles. The highest BCUT2D eigenvalue weighted by Gasteiger charge is 2.25. The number of carbonyl (C=O) groups excluding carboxylic acids is 1. The monoisotopic (exact) mass is 282 g/mol. The summed E-state index contributed by atoms with van der Waals surface area (Å²) >= 11 is 0. The van der Waals surface area contributed by atoms with Gasteiger partial charge in [0, 0.05) is 25.2 Å². The third-order valence-electron chi connectivity index (χ3n) is 3.55. The summed E-state index contributed by atoms with van der Waals surface area (Å²) in [5, 5.41) is 3.38. The largest absolute Gasteiger partial charge is 0.337 e. The molecule has 1 unspecified atom stereocenters. The molecule has 1 aliphatic rings. The van der Waals surface area contributed by atoms with E-state index in [1.807, 2.05) is 0 Å². The van der Waals surface area contributed by atoms with Crippen LogP contribution in [0, 0.1) is 11.6 Å². The Morgan fingerprint density at radius 2 is 2.25 bits per heavy atom. The van der Waals surface area contributed by atoms with Crippen molar-refractivity contribution in [3.63, 3.8) is 0 Å². The number of nitrogens with zero attached hydrogens (tertiary/aromatic N) is 1. The van der Waals surface area contributed by atoms with Crippen LogP contribution in [-0.2, 0) is 0 Å². The maximum atomic E-state index is 13.7. The molecule has 1 heterocycles. The molecule has 1 aromatic carbocycles. The number of hydrogen-bond donors (Lipinski definition) is 1. The smallest absolute Gasteiger partial charge is 0.256 e. The van der Waals surface area contributed by atoms with E-state index in [0.29, 0.717) is 13.1 Å². The number of halogens is 2. The van der Waals surface area contributed by atoms with Gasteiger partial charge >= 0.3 is 0 Å². The van der Waals surface area contributed by atoms with E-state index in [9.17, 15) is 13.6 Å². The van der Waals surface area contributed by atoms with Crippen LogP contribution in [0.2, 0.25) is 0 Å². The Morgan fingerprint density at radius 3 is 2.95 bits per heavy atom. The number of hydrogen-bond acceptors (Lipinski definition) is 2. The Bertz CT molecular complexity index is 479. The molecule has 1 N–H and O–H groups in total. The molecule has 0 aliphatic carbocycles. The first-order valence-corrected chi connectivity index (χ1v) is 7.09. The van der Waals surface area contributed by atoms with Gasteiger partial charge in [0.2, 0.25) is 0 Å². The van der Waals surface area contributed by atoms with E-state index in [0.717, 1.165) is 37.9 Å². The molecule has 110 valence electrons. The van der Waals surface area contributed by atoms with Crippen molar-refractivity contribution in [1.82, 2.24) is 10.2 Å². The second-order valence-corrected chi connectivity index (χ2v) is 5.17. The zero-order chi connectivity index (χ0) is 14.5. The fraction of sp³-hybridized carbons (Fsp3) is 0.533. The Hall–Kier alpha value is -1.49. The highest BCUT2D eigenvalue weighted by atomic mass is 19.1. The Balaban J connectivity index is 2.04. The van der Waals surface area contributed by atoms with Gasteiger partial charge in [-0.3, -0.25) is 4.79 Å². The highest BCUT2D eigenvalue weighted by molar-refractivity contribution is 5.94.